The Balaban J connectivity index is 1.47. The molecule has 1 fully saturated rings. The molecule has 2 aromatic rings. The third-order valence-corrected chi connectivity index (χ3v) is 4.44. The molecular weight excluding hydrogens is 286 g/mol. The molecule has 0 unspecified atom stereocenters. The van der Waals surface area contributed by atoms with E-state index in [1.165, 1.54) is 17.1 Å². The highest BCUT2D eigenvalue weighted by Gasteiger charge is 2.18. The lowest BCUT2D eigenvalue weighted by molar-refractivity contribution is 0.261. The summed E-state index contributed by atoms with van der Waals surface area (Å²) in [5.41, 5.74) is 1.27. The lowest BCUT2D eigenvalue weighted by Gasteiger charge is -2.34. The Morgan fingerprint density at radius 3 is 2.81 bits per heavy atom. The van der Waals surface area contributed by atoms with Crippen molar-refractivity contribution < 1.29 is 4.74 Å². The van der Waals surface area contributed by atoms with Crippen LogP contribution in [0.15, 0.2) is 24.7 Å². The number of pyridine rings is 1. The Bertz CT molecular complexity index is 554. The second kappa shape index (κ2) is 6.82. The van der Waals surface area contributed by atoms with E-state index in [9.17, 15) is 0 Å². The van der Waals surface area contributed by atoms with Crippen LogP contribution in [0.3, 0.4) is 0 Å². The van der Waals surface area contributed by atoms with Crippen LogP contribution in [0, 0.1) is 0 Å². The first-order chi connectivity index (χ1) is 10.3. The smallest absolute Gasteiger partial charge is 0.213 e. The standard InChI is InChI=1S/C14H19N5OS/c1-20-13-10-12(2-4-15-13)3-5-18-6-8-19(9-7-18)14-16-11-17-21-14/h2,4,10-11H,3,5-9H2,1H3. The van der Waals surface area contributed by atoms with Crippen molar-refractivity contribution in [1.82, 2.24) is 19.2 Å². The van der Waals surface area contributed by atoms with E-state index >= 15 is 0 Å². The van der Waals surface area contributed by atoms with Crippen LogP contribution < -0.4 is 9.64 Å². The lowest BCUT2D eigenvalue weighted by atomic mass is 10.2. The average Bonchev–Trinajstić information content (AvgIpc) is 3.08. The number of methoxy groups -OCH3 is 1. The SMILES string of the molecule is COc1cc(CCN2CCN(c3ncns3)CC2)ccn1. The summed E-state index contributed by atoms with van der Waals surface area (Å²) < 4.78 is 9.23. The summed E-state index contributed by atoms with van der Waals surface area (Å²) >= 11 is 1.47. The molecule has 0 N–H and O–H groups in total. The van der Waals surface area contributed by atoms with Crippen LogP contribution in [-0.2, 0) is 6.42 Å². The van der Waals surface area contributed by atoms with Gasteiger partial charge in [-0.05, 0) is 18.1 Å². The minimum atomic E-state index is 0.689. The van der Waals surface area contributed by atoms with Crippen LogP contribution in [0.5, 0.6) is 5.88 Å². The Hall–Kier alpha value is -1.73. The molecule has 6 nitrogen and oxygen atoms in total. The van der Waals surface area contributed by atoms with Crippen molar-refractivity contribution in [2.24, 2.45) is 0 Å². The zero-order valence-corrected chi connectivity index (χ0v) is 12.9. The molecule has 0 amide bonds. The maximum atomic E-state index is 5.16. The molecule has 0 radical (unpaired) electrons. The van der Waals surface area contributed by atoms with E-state index in [0.29, 0.717) is 5.88 Å². The van der Waals surface area contributed by atoms with Gasteiger partial charge in [0.15, 0.2) is 0 Å². The molecular formula is C14H19N5OS. The molecule has 1 aliphatic heterocycles. The highest BCUT2D eigenvalue weighted by atomic mass is 32.1. The Kier molecular flexibility index (Phi) is 4.62. The number of piperazine rings is 1. The van der Waals surface area contributed by atoms with Crippen LogP contribution in [0.2, 0.25) is 0 Å². The number of rotatable bonds is 5. The van der Waals surface area contributed by atoms with E-state index in [1.807, 2.05) is 12.3 Å². The summed E-state index contributed by atoms with van der Waals surface area (Å²) in [5.74, 6) is 0.689. The van der Waals surface area contributed by atoms with Crippen LogP contribution in [0.25, 0.3) is 0 Å². The summed E-state index contributed by atoms with van der Waals surface area (Å²) in [4.78, 5) is 13.2. The van der Waals surface area contributed by atoms with Crippen LogP contribution >= 0.6 is 11.5 Å². The summed E-state index contributed by atoms with van der Waals surface area (Å²) in [7, 11) is 1.65. The van der Waals surface area contributed by atoms with Gasteiger partial charge in [-0.3, -0.25) is 4.90 Å². The third-order valence-electron chi connectivity index (χ3n) is 3.72. The summed E-state index contributed by atoms with van der Waals surface area (Å²) in [6, 6.07) is 4.07. The molecule has 1 saturated heterocycles. The molecule has 0 aliphatic carbocycles. The molecule has 0 atom stereocenters. The average molecular weight is 305 g/mol. The molecule has 0 spiro atoms. The number of anilines is 1. The minimum Gasteiger partial charge on any atom is -0.481 e. The molecule has 2 aromatic heterocycles. The van der Waals surface area contributed by atoms with Crippen molar-refractivity contribution >= 4 is 16.7 Å². The number of hydrogen-bond donors (Lipinski definition) is 0. The normalized spacial score (nSPS) is 16.1. The second-order valence-electron chi connectivity index (χ2n) is 5.01. The fourth-order valence-electron chi connectivity index (χ4n) is 2.47. The fraction of sp³-hybridized carbons (Fsp3) is 0.500. The van der Waals surface area contributed by atoms with Crippen LogP contribution in [0.1, 0.15) is 5.56 Å². The largest absolute Gasteiger partial charge is 0.481 e. The third kappa shape index (κ3) is 3.68. The van der Waals surface area contributed by atoms with Crippen LogP contribution in [0.4, 0.5) is 5.13 Å². The van der Waals surface area contributed by atoms with Crippen molar-refractivity contribution in [3.63, 3.8) is 0 Å². The van der Waals surface area contributed by atoms with Crippen LogP contribution in [-0.4, -0.2) is 59.1 Å². The molecule has 112 valence electrons. The Morgan fingerprint density at radius 2 is 2.10 bits per heavy atom. The van der Waals surface area contributed by atoms with Gasteiger partial charge in [0.25, 0.3) is 0 Å². The highest BCUT2D eigenvalue weighted by Crippen LogP contribution is 2.17. The predicted molar refractivity (Wildman–Crippen MR) is 83.1 cm³/mol. The van der Waals surface area contributed by atoms with Gasteiger partial charge in [-0.1, -0.05) is 0 Å². The molecule has 0 saturated carbocycles. The number of hydrogen-bond acceptors (Lipinski definition) is 7. The van der Waals surface area contributed by atoms with E-state index in [0.717, 1.165) is 44.3 Å². The molecule has 0 aromatic carbocycles. The first-order valence-corrected chi connectivity index (χ1v) is 7.85. The second-order valence-corrected chi connectivity index (χ2v) is 5.77. The monoisotopic (exact) mass is 305 g/mol. The maximum absolute atomic E-state index is 5.16. The van der Waals surface area contributed by atoms with Crippen molar-refractivity contribution in [3.8, 4) is 5.88 Å². The van der Waals surface area contributed by atoms with Gasteiger partial charge in [0.05, 0.1) is 7.11 Å². The number of aromatic nitrogens is 3. The van der Waals surface area contributed by atoms with Crippen molar-refractivity contribution in [2.75, 3.05) is 44.7 Å². The lowest BCUT2D eigenvalue weighted by Crippen LogP contribution is -2.46. The zero-order valence-electron chi connectivity index (χ0n) is 12.1. The quantitative estimate of drug-likeness (QED) is 0.830. The van der Waals surface area contributed by atoms with E-state index in [-0.39, 0.29) is 0 Å². The Morgan fingerprint density at radius 1 is 1.24 bits per heavy atom. The summed E-state index contributed by atoms with van der Waals surface area (Å²) in [5, 5.41) is 1.04. The predicted octanol–water partition coefficient (Wildman–Crippen LogP) is 1.31. The van der Waals surface area contributed by atoms with Gasteiger partial charge in [-0.15, -0.1) is 0 Å². The number of nitrogens with zero attached hydrogens (tertiary/aromatic N) is 5. The van der Waals surface area contributed by atoms with Gasteiger partial charge in [-0.2, -0.15) is 4.37 Å². The van der Waals surface area contributed by atoms with Gasteiger partial charge in [0, 0.05) is 56.5 Å². The molecule has 3 rings (SSSR count). The Labute approximate surface area is 128 Å². The summed E-state index contributed by atoms with van der Waals surface area (Å²) in [6.07, 6.45) is 4.46. The number of ether oxygens (including phenoxy) is 1. The zero-order chi connectivity index (χ0) is 14.5. The minimum absolute atomic E-state index is 0.689. The molecule has 0 bridgehead atoms. The van der Waals surface area contributed by atoms with Gasteiger partial charge in [-0.25, -0.2) is 9.97 Å². The topological polar surface area (TPSA) is 54.4 Å². The van der Waals surface area contributed by atoms with Gasteiger partial charge in [0.1, 0.15) is 6.33 Å². The molecule has 21 heavy (non-hydrogen) atoms. The summed E-state index contributed by atoms with van der Waals surface area (Å²) in [6.45, 7) is 5.25. The highest BCUT2D eigenvalue weighted by molar-refractivity contribution is 7.09. The van der Waals surface area contributed by atoms with E-state index in [4.69, 9.17) is 4.74 Å². The maximum Gasteiger partial charge on any atom is 0.213 e. The van der Waals surface area contributed by atoms with E-state index < -0.39 is 0 Å². The van der Waals surface area contributed by atoms with E-state index in [1.54, 1.807) is 13.4 Å². The van der Waals surface area contributed by atoms with Crippen molar-refractivity contribution in [3.05, 3.63) is 30.2 Å². The molecule has 1 aliphatic rings. The first-order valence-electron chi connectivity index (χ1n) is 7.08. The molecule has 3 heterocycles. The first kappa shape index (κ1) is 14.2. The fourth-order valence-corrected chi connectivity index (χ4v) is 3.06. The van der Waals surface area contributed by atoms with E-state index in [2.05, 4.69) is 30.2 Å². The van der Waals surface area contributed by atoms with Gasteiger partial charge < -0.3 is 9.64 Å². The van der Waals surface area contributed by atoms with Gasteiger partial charge >= 0.3 is 0 Å². The van der Waals surface area contributed by atoms with Crippen molar-refractivity contribution in [2.45, 2.75) is 6.42 Å². The van der Waals surface area contributed by atoms with Crippen molar-refractivity contribution in [1.29, 1.82) is 0 Å². The van der Waals surface area contributed by atoms with Gasteiger partial charge in [0.2, 0.25) is 11.0 Å². The molecule has 7 heteroatoms.